The van der Waals surface area contributed by atoms with E-state index in [9.17, 15) is 24.9 Å². The zero-order valence-electron chi connectivity index (χ0n) is 27.4. The van der Waals surface area contributed by atoms with Crippen LogP contribution in [0.5, 0.6) is 0 Å². The Morgan fingerprint density at radius 3 is 2.65 bits per heavy atom. The summed E-state index contributed by atoms with van der Waals surface area (Å²) in [4.78, 5) is 27.2. The van der Waals surface area contributed by atoms with Crippen molar-refractivity contribution >= 4 is 12.1 Å². The number of carbonyl (C=O) groups excluding carboxylic acids is 2. The van der Waals surface area contributed by atoms with Crippen molar-refractivity contribution in [3.8, 4) is 0 Å². The molecule has 0 aromatic heterocycles. The molecule has 2 rings (SSSR count). The second kappa shape index (κ2) is 17.3. The molecule has 2 aliphatic rings. The van der Waals surface area contributed by atoms with E-state index in [1.807, 2.05) is 58.8 Å². The Bertz CT molecular complexity index is 978. The van der Waals surface area contributed by atoms with Gasteiger partial charge in [-0.1, -0.05) is 52.0 Å². The molecule has 10 unspecified atom stereocenters. The van der Waals surface area contributed by atoms with E-state index >= 15 is 0 Å². The number of aliphatic hydroxyl groups excluding tert-OH is 2. The van der Waals surface area contributed by atoms with Crippen molar-refractivity contribution in [2.24, 2.45) is 17.8 Å². The maximum Gasteiger partial charge on any atom is 0.407 e. The van der Waals surface area contributed by atoms with Crippen LogP contribution in [-0.4, -0.2) is 102 Å². The lowest BCUT2D eigenvalue weighted by molar-refractivity contribution is -0.151. The fourth-order valence-corrected chi connectivity index (χ4v) is 5.33. The topological polar surface area (TPSA) is 141 Å². The Morgan fingerprint density at radius 2 is 2.00 bits per heavy atom. The average Bonchev–Trinajstić information content (AvgIpc) is 3.69. The van der Waals surface area contributed by atoms with Crippen molar-refractivity contribution in [3.63, 3.8) is 0 Å². The first-order valence-corrected chi connectivity index (χ1v) is 15.7. The third-order valence-corrected chi connectivity index (χ3v) is 8.40. The Labute approximate surface area is 258 Å². The number of likely N-dealkylation sites (N-methyl/N-ethyl adjacent to an activating group) is 1. The van der Waals surface area contributed by atoms with Crippen molar-refractivity contribution in [2.45, 2.75) is 116 Å². The lowest BCUT2D eigenvalue weighted by Gasteiger charge is -2.32. The van der Waals surface area contributed by atoms with Crippen molar-refractivity contribution in [1.82, 2.24) is 10.2 Å². The van der Waals surface area contributed by atoms with E-state index < -0.39 is 36.0 Å². The number of esters is 1. The SMILES string of the molecule is CCC(O)C(C)C1OC1CC(C)/C=C/C=C(\C)C1OC(=O)CC(O)CCC(C)(O)C(OC(=O)NCCN(C)C)/C=C\C1C. The Kier molecular flexibility index (Phi) is 14.9. The van der Waals surface area contributed by atoms with E-state index in [1.165, 1.54) is 0 Å². The van der Waals surface area contributed by atoms with Crippen LogP contribution in [0.1, 0.15) is 73.6 Å². The van der Waals surface area contributed by atoms with Gasteiger partial charge in [0.2, 0.25) is 0 Å². The summed E-state index contributed by atoms with van der Waals surface area (Å²) in [6.45, 7) is 12.5. The Balaban J connectivity index is 2.14. The van der Waals surface area contributed by atoms with Gasteiger partial charge in [0.25, 0.3) is 0 Å². The molecule has 2 aliphatic heterocycles. The normalized spacial score (nSPS) is 33.6. The molecule has 0 radical (unpaired) electrons. The fourth-order valence-electron chi connectivity index (χ4n) is 5.33. The lowest BCUT2D eigenvalue weighted by Crippen LogP contribution is -2.45. The first kappa shape index (κ1) is 36.9. The quantitative estimate of drug-likeness (QED) is 0.113. The van der Waals surface area contributed by atoms with E-state index in [1.54, 1.807) is 19.1 Å². The van der Waals surface area contributed by atoms with E-state index in [0.717, 1.165) is 12.0 Å². The van der Waals surface area contributed by atoms with E-state index in [0.29, 0.717) is 19.5 Å². The number of rotatable bonds is 12. The van der Waals surface area contributed by atoms with Crippen molar-refractivity contribution in [3.05, 3.63) is 36.0 Å². The number of hydrogen-bond acceptors (Lipinski definition) is 9. The molecule has 1 amide bonds. The van der Waals surface area contributed by atoms with Crippen LogP contribution < -0.4 is 5.32 Å². The molecule has 0 bridgehead atoms. The first-order valence-electron chi connectivity index (χ1n) is 15.7. The van der Waals surface area contributed by atoms with Gasteiger partial charge in [0, 0.05) is 24.9 Å². The molecule has 43 heavy (non-hydrogen) atoms. The van der Waals surface area contributed by atoms with Crippen LogP contribution in [-0.2, 0) is 19.0 Å². The fraction of sp³-hybridized carbons (Fsp3) is 0.758. The van der Waals surface area contributed by atoms with Gasteiger partial charge in [0.15, 0.2) is 6.10 Å². The number of nitrogens with one attached hydrogen (secondary N) is 1. The molecule has 1 fully saturated rings. The summed E-state index contributed by atoms with van der Waals surface area (Å²) in [5.41, 5.74) is -0.652. The van der Waals surface area contributed by atoms with Gasteiger partial charge in [-0.2, -0.15) is 0 Å². The maximum absolute atomic E-state index is 12.7. The highest BCUT2D eigenvalue weighted by atomic mass is 16.6. The van der Waals surface area contributed by atoms with Crippen LogP contribution in [0.15, 0.2) is 36.0 Å². The van der Waals surface area contributed by atoms with Crippen LogP contribution in [0.25, 0.3) is 0 Å². The third-order valence-electron chi connectivity index (χ3n) is 8.40. The smallest absolute Gasteiger partial charge is 0.407 e. The molecule has 2 heterocycles. The number of hydrogen-bond donors (Lipinski definition) is 4. The zero-order chi connectivity index (χ0) is 32.3. The highest BCUT2D eigenvalue weighted by Crippen LogP contribution is 2.36. The number of nitrogens with zero attached hydrogens (tertiary/aromatic N) is 1. The Hall–Kier alpha value is -2.24. The van der Waals surface area contributed by atoms with E-state index in [2.05, 4.69) is 18.3 Å². The molecule has 1 saturated heterocycles. The van der Waals surface area contributed by atoms with Crippen LogP contribution >= 0.6 is 0 Å². The second-order valence-electron chi connectivity index (χ2n) is 12.9. The van der Waals surface area contributed by atoms with Crippen LogP contribution in [0, 0.1) is 17.8 Å². The molecule has 0 aromatic carbocycles. The third kappa shape index (κ3) is 12.7. The highest BCUT2D eigenvalue weighted by Gasteiger charge is 2.45. The van der Waals surface area contributed by atoms with Gasteiger partial charge in [-0.05, 0) is 71.2 Å². The van der Waals surface area contributed by atoms with Crippen LogP contribution in [0.4, 0.5) is 4.79 Å². The standard InChI is InChI=1S/C33H56N2O8/c1-9-26(37)24(5)31-27(41-31)19-21(2)11-10-12-22(3)30-23(4)13-14-28(42-32(39)34-17-18-35(7)8)33(6,40)16-15-25(36)20-29(38)43-30/h10-14,21,23-28,30-31,36-37,40H,9,15-20H2,1-8H3,(H,34,39)/b11-10+,14-13-,22-12+. The number of allylic oxidation sites excluding steroid dienone is 3. The van der Waals surface area contributed by atoms with E-state index in [-0.39, 0.29) is 55.3 Å². The van der Waals surface area contributed by atoms with Gasteiger partial charge in [-0.25, -0.2) is 4.79 Å². The highest BCUT2D eigenvalue weighted by molar-refractivity contribution is 5.70. The van der Waals surface area contributed by atoms with Gasteiger partial charge in [0.05, 0.1) is 30.8 Å². The first-order chi connectivity index (χ1) is 20.1. The maximum atomic E-state index is 12.7. The lowest BCUT2D eigenvalue weighted by atomic mass is 9.88. The number of carbonyl (C=O) groups is 2. The predicted molar refractivity (Wildman–Crippen MR) is 166 cm³/mol. The van der Waals surface area contributed by atoms with E-state index in [4.69, 9.17) is 14.2 Å². The number of aliphatic hydroxyl groups is 3. The minimum Gasteiger partial charge on any atom is -0.457 e. The van der Waals surface area contributed by atoms with Gasteiger partial charge in [-0.3, -0.25) is 4.79 Å². The molecule has 10 heteroatoms. The molecule has 4 N–H and O–H groups in total. The van der Waals surface area contributed by atoms with Crippen molar-refractivity contribution in [2.75, 3.05) is 27.2 Å². The van der Waals surface area contributed by atoms with Crippen LogP contribution in [0.3, 0.4) is 0 Å². The number of epoxide rings is 1. The molecule has 246 valence electrons. The zero-order valence-corrected chi connectivity index (χ0v) is 27.4. The van der Waals surface area contributed by atoms with Crippen molar-refractivity contribution in [1.29, 1.82) is 0 Å². The Morgan fingerprint density at radius 1 is 1.30 bits per heavy atom. The number of ether oxygens (including phenoxy) is 3. The van der Waals surface area contributed by atoms with Crippen LogP contribution in [0.2, 0.25) is 0 Å². The monoisotopic (exact) mass is 608 g/mol. The summed E-state index contributed by atoms with van der Waals surface area (Å²) in [5.74, 6) is -0.464. The molecule has 0 saturated carbocycles. The molecule has 10 atom stereocenters. The number of alkyl carbamates (subject to hydrolysis) is 1. The molecule has 10 nitrogen and oxygen atoms in total. The molecule has 0 aromatic rings. The molecular weight excluding hydrogens is 552 g/mol. The second-order valence-corrected chi connectivity index (χ2v) is 12.9. The predicted octanol–water partition coefficient (Wildman–Crippen LogP) is 3.75. The average molecular weight is 609 g/mol. The van der Waals surface area contributed by atoms with Gasteiger partial charge >= 0.3 is 12.1 Å². The summed E-state index contributed by atoms with van der Waals surface area (Å²) < 4.78 is 17.3. The number of cyclic esters (lactones) is 1. The van der Waals surface area contributed by atoms with Gasteiger partial charge in [0.1, 0.15) is 11.7 Å². The summed E-state index contributed by atoms with van der Waals surface area (Å²) in [5, 5.41) is 34.5. The molecule has 0 spiro atoms. The molecule has 0 aliphatic carbocycles. The molecular formula is C33H56N2O8. The minimum absolute atomic E-state index is 0.0967. The van der Waals surface area contributed by atoms with Gasteiger partial charge in [-0.15, -0.1) is 0 Å². The summed E-state index contributed by atoms with van der Waals surface area (Å²) in [6, 6.07) is 0. The van der Waals surface area contributed by atoms with Crippen molar-refractivity contribution < 1.29 is 39.1 Å². The largest absolute Gasteiger partial charge is 0.457 e. The summed E-state index contributed by atoms with van der Waals surface area (Å²) in [6.07, 6.45) is 7.64. The van der Waals surface area contributed by atoms with Gasteiger partial charge < -0.3 is 39.7 Å². The summed E-state index contributed by atoms with van der Waals surface area (Å²) in [7, 11) is 3.80. The minimum atomic E-state index is -1.46. The summed E-state index contributed by atoms with van der Waals surface area (Å²) >= 11 is 0. The number of amides is 1.